The van der Waals surface area contributed by atoms with Crippen molar-refractivity contribution in [2.45, 2.75) is 13.0 Å². The third-order valence-electron chi connectivity index (χ3n) is 3.99. The molecule has 0 unspecified atom stereocenters. The Bertz CT molecular complexity index is 1170. The first kappa shape index (κ1) is 16.6. The van der Waals surface area contributed by atoms with Crippen LogP contribution in [-0.4, -0.2) is 30.9 Å². The molecule has 0 saturated heterocycles. The SMILES string of the molecule is C[C@@H](OC(=O)c1cnn(-c2ccccc2)n1)c1nc2ccccc2c(=O)[nH]1. The summed E-state index contributed by atoms with van der Waals surface area (Å²) >= 11 is 0. The van der Waals surface area contributed by atoms with Crippen molar-refractivity contribution >= 4 is 16.9 Å². The zero-order valence-corrected chi connectivity index (χ0v) is 14.4. The molecule has 4 rings (SSSR count). The topological polar surface area (TPSA) is 103 Å². The fourth-order valence-electron chi connectivity index (χ4n) is 2.62. The van der Waals surface area contributed by atoms with E-state index in [4.69, 9.17) is 4.74 Å². The number of H-pyrrole nitrogens is 1. The standard InChI is InChI=1S/C19H15N5O3/c1-12(17-21-15-10-6-5-9-14(15)18(25)22-17)27-19(26)16-11-20-24(23-16)13-7-3-2-4-8-13/h2-12H,1H3,(H,21,22,25)/t12-/m1/s1. The fraction of sp³-hybridized carbons (Fsp3) is 0.105. The number of para-hydroxylation sites is 2. The van der Waals surface area contributed by atoms with Gasteiger partial charge in [-0.15, -0.1) is 5.10 Å². The number of carbonyl (C=O) groups excluding carboxylic acids is 1. The molecule has 0 aliphatic carbocycles. The highest BCUT2D eigenvalue weighted by Gasteiger charge is 2.19. The predicted octanol–water partition coefficient (Wildman–Crippen LogP) is 2.42. The molecule has 0 amide bonds. The maximum Gasteiger partial charge on any atom is 0.361 e. The normalized spacial score (nSPS) is 12.0. The Labute approximate surface area is 153 Å². The molecule has 8 heteroatoms. The number of hydrogen-bond acceptors (Lipinski definition) is 6. The van der Waals surface area contributed by atoms with E-state index in [1.807, 2.05) is 30.3 Å². The molecule has 2 heterocycles. The molecule has 0 bridgehead atoms. The second kappa shape index (κ2) is 6.83. The smallest absolute Gasteiger partial charge is 0.361 e. The lowest BCUT2D eigenvalue weighted by atomic mass is 10.2. The van der Waals surface area contributed by atoms with Gasteiger partial charge in [-0.3, -0.25) is 4.79 Å². The zero-order chi connectivity index (χ0) is 18.8. The van der Waals surface area contributed by atoms with Crippen LogP contribution in [0.5, 0.6) is 0 Å². The molecule has 1 N–H and O–H groups in total. The lowest BCUT2D eigenvalue weighted by Gasteiger charge is -2.12. The minimum atomic E-state index is -0.753. The van der Waals surface area contributed by atoms with E-state index in [9.17, 15) is 9.59 Å². The number of aromatic nitrogens is 5. The van der Waals surface area contributed by atoms with Crippen molar-refractivity contribution in [3.8, 4) is 5.69 Å². The molecular weight excluding hydrogens is 346 g/mol. The molecule has 0 aliphatic heterocycles. The average molecular weight is 361 g/mol. The molecule has 0 radical (unpaired) electrons. The lowest BCUT2D eigenvalue weighted by Crippen LogP contribution is -2.17. The fourth-order valence-corrected chi connectivity index (χ4v) is 2.62. The Morgan fingerprint density at radius 2 is 1.85 bits per heavy atom. The van der Waals surface area contributed by atoms with E-state index in [2.05, 4.69) is 20.2 Å². The van der Waals surface area contributed by atoms with Crippen molar-refractivity contribution in [3.63, 3.8) is 0 Å². The second-order valence-corrected chi connectivity index (χ2v) is 5.87. The summed E-state index contributed by atoms with van der Waals surface area (Å²) in [6.45, 7) is 1.63. The summed E-state index contributed by atoms with van der Waals surface area (Å²) < 4.78 is 5.39. The number of esters is 1. The summed E-state index contributed by atoms with van der Waals surface area (Å²) in [4.78, 5) is 32.9. The number of ether oxygens (including phenoxy) is 1. The van der Waals surface area contributed by atoms with E-state index in [0.29, 0.717) is 10.9 Å². The molecule has 0 aliphatic rings. The van der Waals surface area contributed by atoms with E-state index < -0.39 is 12.1 Å². The number of nitrogens with one attached hydrogen (secondary N) is 1. The molecule has 0 fully saturated rings. The van der Waals surface area contributed by atoms with Gasteiger partial charge in [0.25, 0.3) is 5.56 Å². The first-order valence-corrected chi connectivity index (χ1v) is 8.29. The first-order valence-electron chi connectivity index (χ1n) is 8.29. The summed E-state index contributed by atoms with van der Waals surface area (Å²) in [7, 11) is 0. The third kappa shape index (κ3) is 3.32. The number of fused-ring (bicyclic) bond motifs is 1. The van der Waals surface area contributed by atoms with E-state index in [0.717, 1.165) is 5.69 Å². The van der Waals surface area contributed by atoms with Crippen molar-refractivity contribution < 1.29 is 9.53 Å². The highest BCUT2D eigenvalue weighted by atomic mass is 16.5. The lowest BCUT2D eigenvalue weighted by molar-refractivity contribution is 0.0312. The molecule has 0 spiro atoms. The maximum absolute atomic E-state index is 12.4. The molecule has 8 nitrogen and oxygen atoms in total. The molecule has 2 aromatic carbocycles. The van der Waals surface area contributed by atoms with Crippen molar-refractivity contribution in [1.29, 1.82) is 0 Å². The minimum Gasteiger partial charge on any atom is -0.450 e. The first-order chi connectivity index (χ1) is 13.1. The van der Waals surface area contributed by atoms with Crippen molar-refractivity contribution in [3.05, 3.63) is 82.7 Å². The van der Waals surface area contributed by atoms with Gasteiger partial charge < -0.3 is 9.72 Å². The Kier molecular flexibility index (Phi) is 4.21. The number of carbonyl (C=O) groups is 1. The largest absolute Gasteiger partial charge is 0.450 e. The van der Waals surface area contributed by atoms with Gasteiger partial charge in [0.15, 0.2) is 17.6 Å². The monoisotopic (exact) mass is 361 g/mol. The number of aromatic amines is 1. The van der Waals surface area contributed by atoms with E-state index in [1.54, 1.807) is 31.2 Å². The molecular formula is C19H15N5O3. The van der Waals surface area contributed by atoms with Crippen LogP contribution < -0.4 is 5.56 Å². The van der Waals surface area contributed by atoms with Crippen LogP contribution in [0.4, 0.5) is 0 Å². The molecule has 134 valence electrons. The van der Waals surface area contributed by atoms with E-state index >= 15 is 0 Å². The van der Waals surface area contributed by atoms with Gasteiger partial charge in [-0.05, 0) is 31.2 Å². The van der Waals surface area contributed by atoms with Crippen LogP contribution >= 0.6 is 0 Å². The highest BCUT2D eigenvalue weighted by Crippen LogP contribution is 2.16. The van der Waals surface area contributed by atoms with Gasteiger partial charge in [0.1, 0.15) is 0 Å². The summed E-state index contributed by atoms with van der Waals surface area (Å²) in [5, 5.41) is 8.68. The third-order valence-corrected chi connectivity index (χ3v) is 3.99. The predicted molar refractivity (Wildman–Crippen MR) is 97.6 cm³/mol. The van der Waals surface area contributed by atoms with Gasteiger partial charge in [-0.2, -0.15) is 9.90 Å². The Balaban J connectivity index is 1.55. The van der Waals surface area contributed by atoms with Crippen LogP contribution in [-0.2, 0) is 4.74 Å². The van der Waals surface area contributed by atoms with Crippen molar-refractivity contribution in [2.24, 2.45) is 0 Å². The maximum atomic E-state index is 12.4. The Morgan fingerprint density at radius 3 is 2.67 bits per heavy atom. The van der Waals surface area contributed by atoms with Crippen LogP contribution in [0, 0.1) is 0 Å². The second-order valence-electron chi connectivity index (χ2n) is 5.87. The molecule has 1 atom stereocenters. The highest BCUT2D eigenvalue weighted by molar-refractivity contribution is 5.87. The number of hydrogen-bond donors (Lipinski definition) is 1. The van der Waals surface area contributed by atoms with Gasteiger partial charge in [0, 0.05) is 0 Å². The minimum absolute atomic E-state index is 0.0637. The molecule has 27 heavy (non-hydrogen) atoms. The van der Waals surface area contributed by atoms with Crippen LogP contribution in [0.25, 0.3) is 16.6 Å². The summed E-state index contributed by atoms with van der Waals surface area (Å²) in [6, 6.07) is 16.2. The quantitative estimate of drug-likeness (QED) is 0.560. The average Bonchev–Trinajstić information content (AvgIpc) is 3.19. The zero-order valence-electron chi connectivity index (χ0n) is 14.4. The van der Waals surface area contributed by atoms with E-state index in [1.165, 1.54) is 11.0 Å². The number of nitrogens with zero attached hydrogens (tertiary/aromatic N) is 4. The molecule has 4 aromatic rings. The van der Waals surface area contributed by atoms with Crippen LogP contribution in [0.2, 0.25) is 0 Å². The van der Waals surface area contributed by atoms with E-state index in [-0.39, 0.29) is 17.1 Å². The Morgan fingerprint density at radius 1 is 1.11 bits per heavy atom. The summed E-state index contributed by atoms with van der Waals surface area (Å²) in [5.41, 5.74) is 1.04. The van der Waals surface area contributed by atoms with Gasteiger partial charge in [-0.1, -0.05) is 30.3 Å². The van der Waals surface area contributed by atoms with Crippen molar-refractivity contribution in [1.82, 2.24) is 25.0 Å². The molecule has 0 saturated carbocycles. The van der Waals surface area contributed by atoms with Crippen molar-refractivity contribution in [2.75, 3.05) is 0 Å². The summed E-state index contributed by atoms with van der Waals surface area (Å²) in [6.07, 6.45) is 0.579. The van der Waals surface area contributed by atoms with Gasteiger partial charge >= 0.3 is 5.97 Å². The van der Waals surface area contributed by atoms with Gasteiger partial charge in [0.2, 0.25) is 0 Å². The van der Waals surface area contributed by atoms with Gasteiger partial charge in [0.05, 0.1) is 22.8 Å². The molecule has 2 aromatic heterocycles. The van der Waals surface area contributed by atoms with Gasteiger partial charge in [-0.25, -0.2) is 9.78 Å². The van der Waals surface area contributed by atoms with Crippen LogP contribution in [0.3, 0.4) is 0 Å². The Hall–Kier alpha value is -3.81. The van der Waals surface area contributed by atoms with Crippen LogP contribution in [0.15, 0.2) is 65.6 Å². The number of rotatable bonds is 4. The number of benzene rings is 2. The van der Waals surface area contributed by atoms with Crippen LogP contribution in [0.1, 0.15) is 29.3 Å². The summed E-state index contributed by atoms with van der Waals surface area (Å²) in [5.74, 6) is -0.386.